The molecule has 1 fully saturated rings. The number of ether oxygens (including phenoxy) is 2. The van der Waals surface area contributed by atoms with E-state index in [4.69, 9.17) is 14.6 Å². The Morgan fingerprint density at radius 2 is 2.00 bits per heavy atom. The van der Waals surface area contributed by atoms with E-state index in [1.54, 1.807) is 0 Å². The molecule has 0 atom stereocenters. The molecule has 1 aromatic rings. The molecule has 1 aliphatic heterocycles. The van der Waals surface area contributed by atoms with Crippen LogP contribution in [0.4, 0.5) is 0 Å². The summed E-state index contributed by atoms with van der Waals surface area (Å²) in [6.07, 6.45) is 0.550. The van der Waals surface area contributed by atoms with Crippen LogP contribution in [0.15, 0.2) is 23.1 Å². The van der Waals surface area contributed by atoms with Gasteiger partial charge in [0.1, 0.15) is 5.75 Å². The van der Waals surface area contributed by atoms with Gasteiger partial charge in [-0.05, 0) is 31.0 Å². The number of amides is 1. The molecule has 25 heavy (non-hydrogen) atoms. The van der Waals surface area contributed by atoms with Crippen molar-refractivity contribution >= 4 is 21.9 Å². The number of sulfonamides is 1. The molecular weight excluding hydrogens is 352 g/mol. The van der Waals surface area contributed by atoms with Crippen LogP contribution in [0.5, 0.6) is 5.75 Å². The molecular formula is C15H20N2O7S. The predicted molar refractivity (Wildman–Crippen MR) is 86.8 cm³/mol. The van der Waals surface area contributed by atoms with E-state index >= 15 is 0 Å². The molecule has 1 saturated heterocycles. The molecule has 1 heterocycles. The molecule has 10 heteroatoms. The minimum absolute atomic E-state index is 0.0402. The first-order valence-corrected chi connectivity index (χ1v) is 9.04. The number of carboxylic acids is 1. The first-order valence-electron chi connectivity index (χ1n) is 7.50. The summed E-state index contributed by atoms with van der Waals surface area (Å²) in [5.74, 6) is -1.50. The second-order valence-electron chi connectivity index (χ2n) is 5.79. The molecule has 1 aromatic carbocycles. The summed E-state index contributed by atoms with van der Waals surface area (Å²) in [5, 5.41) is 17.1. The summed E-state index contributed by atoms with van der Waals surface area (Å²) >= 11 is 0. The fourth-order valence-electron chi connectivity index (χ4n) is 2.61. The predicted octanol–water partition coefficient (Wildman–Crippen LogP) is -0.0462. The summed E-state index contributed by atoms with van der Waals surface area (Å²) in [5.41, 5.74) is -1.15. The van der Waals surface area contributed by atoms with Crippen molar-refractivity contribution in [1.29, 1.82) is 0 Å². The van der Waals surface area contributed by atoms with E-state index in [-0.39, 0.29) is 35.6 Å². The van der Waals surface area contributed by atoms with E-state index in [0.29, 0.717) is 13.2 Å². The van der Waals surface area contributed by atoms with Crippen LogP contribution in [0.3, 0.4) is 0 Å². The number of primary sulfonamides is 1. The lowest BCUT2D eigenvalue weighted by molar-refractivity contribution is -0.154. The number of rotatable bonds is 6. The summed E-state index contributed by atoms with van der Waals surface area (Å²) in [7, 11) is -2.66. The zero-order chi connectivity index (χ0) is 18.7. The van der Waals surface area contributed by atoms with Gasteiger partial charge >= 0.3 is 5.97 Å². The maximum absolute atomic E-state index is 12.5. The Labute approximate surface area is 145 Å². The van der Waals surface area contributed by atoms with Crippen molar-refractivity contribution in [2.75, 3.05) is 26.9 Å². The number of carbonyl (C=O) groups is 2. The van der Waals surface area contributed by atoms with Crippen LogP contribution in [-0.4, -0.2) is 52.3 Å². The monoisotopic (exact) mass is 372 g/mol. The quantitative estimate of drug-likeness (QED) is 0.635. The van der Waals surface area contributed by atoms with Gasteiger partial charge in [0.05, 0.1) is 23.0 Å². The van der Waals surface area contributed by atoms with Crippen molar-refractivity contribution in [3.05, 3.63) is 23.8 Å². The first-order chi connectivity index (χ1) is 11.7. The normalized spacial score (nSPS) is 16.9. The number of hydrogen-bond donors (Lipinski definition) is 3. The van der Waals surface area contributed by atoms with E-state index in [1.807, 2.05) is 0 Å². The molecule has 1 aliphatic rings. The standard InChI is InChI=1S/C15H20N2O7S/c1-23-12-3-2-10(25(16,21)22)8-11(12)13(18)17-9-15(14(19)20)4-6-24-7-5-15/h2-3,8H,4-7,9H2,1H3,(H,17,18)(H,19,20)(H2,16,21,22). The zero-order valence-corrected chi connectivity index (χ0v) is 14.5. The second kappa shape index (κ2) is 7.38. The summed E-state index contributed by atoms with van der Waals surface area (Å²) in [6.45, 7) is 0.492. The van der Waals surface area contributed by atoms with Crippen LogP contribution in [-0.2, 0) is 19.6 Å². The van der Waals surface area contributed by atoms with E-state index in [2.05, 4.69) is 5.32 Å². The van der Waals surface area contributed by atoms with Crippen molar-refractivity contribution < 1.29 is 32.6 Å². The molecule has 0 radical (unpaired) electrons. The lowest BCUT2D eigenvalue weighted by atomic mass is 9.80. The molecule has 0 spiro atoms. The van der Waals surface area contributed by atoms with Crippen molar-refractivity contribution in [2.24, 2.45) is 10.6 Å². The molecule has 138 valence electrons. The molecule has 0 aliphatic carbocycles. The van der Waals surface area contributed by atoms with Gasteiger partial charge in [-0.15, -0.1) is 0 Å². The number of carboxylic acid groups (broad SMARTS) is 1. The van der Waals surface area contributed by atoms with Crippen LogP contribution in [0, 0.1) is 5.41 Å². The van der Waals surface area contributed by atoms with E-state index in [1.165, 1.54) is 19.2 Å². The van der Waals surface area contributed by atoms with Gasteiger partial charge in [-0.3, -0.25) is 9.59 Å². The van der Waals surface area contributed by atoms with Gasteiger partial charge in [-0.25, -0.2) is 13.6 Å². The molecule has 4 N–H and O–H groups in total. The third-order valence-corrected chi connectivity index (χ3v) is 5.15. The molecule has 0 unspecified atom stereocenters. The van der Waals surface area contributed by atoms with Gasteiger partial charge in [0, 0.05) is 19.8 Å². The second-order valence-corrected chi connectivity index (χ2v) is 7.35. The highest BCUT2D eigenvalue weighted by Crippen LogP contribution is 2.30. The van der Waals surface area contributed by atoms with Crippen molar-refractivity contribution in [2.45, 2.75) is 17.7 Å². The van der Waals surface area contributed by atoms with Gasteiger partial charge in [-0.2, -0.15) is 0 Å². The van der Waals surface area contributed by atoms with Gasteiger partial charge < -0.3 is 19.9 Å². The van der Waals surface area contributed by atoms with Crippen LogP contribution >= 0.6 is 0 Å². The topological polar surface area (TPSA) is 145 Å². The molecule has 1 amide bonds. The smallest absolute Gasteiger partial charge is 0.311 e. The molecule has 2 rings (SSSR count). The highest BCUT2D eigenvalue weighted by molar-refractivity contribution is 7.89. The Morgan fingerprint density at radius 3 is 2.52 bits per heavy atom. The van der Waals surface area contributed by atoms with Crippen molar-refractivity contribution in [3.8, 4) is 5.75 Å². The van der Waals surface area contributed by atoms with Gasteiger partial charge in [0.25, 0.3) is 5.91 Å². The maximum atomic E-state index is 12.5. The average molecular weight is 372 g/mol. The highest BCUT2D eigenvalue weighted by Gasteiger charge is 2.40. The van der Waals surface area contributed by atoms with E-state index < -0.39 is 27.3 Å². The minimum atomic E-state index is -3.99. The number of aliphatic carboxylic acids is 1. The zero-order valence-electron chi connectivity index (χ0n) is 13.6. The average Bonchev–Trinajstić information content (AvgIpc) is 2.59. The van der Waals surface area contributed by atoms with Gasteiger partial charge in [0.2, 0.25) is 10.0 Å². The number of carbonyl (C=O) groups excluding carboxylic acids is 1. The third-order valence-electron chi connectivity index (χ3n) is 4.24. The largest absolute Gasteiger partial charge is 0.496 e. The molecule has 0 aromatic heterocycles. The fraction of sp³-hybridized carbons (Fsp3) is 0.467. The lowest BCUT2D eigenvalue weighted by Crippen LogP contribution is -2.46. The number of methoxy groups -OCH3 is 1. The molecule has 9 nitrogen and oxygen atoms in total. The number of nitrogens with two attached hydrogens (primary N) is 1. The van der Waals surface area contributed by atoms with Gasteiger partial charge in [-0.1, -0.05) is 0 Å². The number of hydrogen-bond acceptors (Lipinski definition) is 6. The van der Waals surface area contributed by atoms with E-state index in [0.717, 1.165) is 6.07 Å². The van der Waals surface area contributed by atoms with Crippen LogP contribution in [0.1, 0.15) is 23.2 Å². The maximum Gasteiger partial charge on any atom is 0.311 e. The minimum Gasteiger partial charge on any atom is -0.496 e. The summed E-state index contributed by atoms with van der Waals surface area (Å²) in [4.78, 5) is 23.8. The van der Waals surface area contributed by atoms with Crippen molar-refractivity contribution in [3.63, 3.8) is 0 Å². The number of benzene rings is 1. The van der Waals surface area contributed by atoms with Crippen molar-refractivity contribution in [1.82, 2.24) is 5.32 Å². The Morgan fingerprint density at radius 1 is 1.36 bits per heavy atom. The summed E-state index contributed by atoms with van der Waals surface area (Å²) < 4.78 is 33.2. The lowest BCUT2D eigenvalue weighted by Gasteiger charge is -2.33. The Balaban J connectivity index is 2.23. The Hall–Kier alpha value is -2.17. The Bertz CT molecular complexity index is 770. The van der Waals surface area contributed by atoms with Crippen LogP contribution in [0.2, 0.25) is 0 Å². The first kappa shape index (κ1) is 19.2. The highest BCUT2D eigenvalue weighted by atomic mass is 32.2. The fourth-order valence-corrected chi connectivity index (χ4v) is 3.15. The Kier molecular flexibility index (Phi) is 5.65. The SMILES string of the molecule is COc1ccc(S(N)(=O)=O)cc1C(=O)NCC1(C(=O)O)CCOCC1. The molecule has 0 bridgehead atoms. The third kappa shape index (κ3) is 4.27. The summed E-state index contributed by atoms with van der Waals surface area (Å²) in [6, 6.07) is 3.64. The van der Waals surface area contributed by atoms with Crippen LogP contribution < -0.4 is 15.2 Å². The van der Waals surface area contributed by atoms with Gasteiger partial charge in [0.15, 0.2) is 0 Å². The number of nitrogens with one attached hydrogen (secondary N) is 1. The molecule has 0 saturated carbocycles. The van der Waals surface area contributed by atoms with Crippen LogP contribution in [0.25, 0.3) is 0 Å². The van der Waals surface area contributed by atoms with E-state index in [9.17, 15) is 23.1 Å².